The predicted octanol–water partition coefficient (Wildman–Crippen LogP) is 4.48. The summed E-state index contributed by atoms with van der Waals surface area (Å²) >= 11 is 0. The molecule has 0 saturated carbocycles. The molecule has 0 atom stereocenters. The third-order valence-corrected chi connectivity index (χ3v) is 5.59. The molecule has 6 nitrogen and oxygen atoms in total. The fourth-order valence-electron chi connectivity index (χ4n) is 3.85. The molecule has 4 rings (SSSR count). The SMILES string of the molecule is COc1ccc(C(=O)Nc2ccc(N3CCCC3)c(C(=O)NCc3ccccc3)c2)cc1. The molecular weight excluding hydrogens is 402 g/mol. The quantitative estimate of drug-likeness (QED) is 0.581. The summed E-state index contributed by atoms with van der Waals surface area (Å²) in [6.07, 6.45) is 2.22. The van der Waals surface area contributed by atoms with E-state index in [9.17, 15) is 9.59 Å². The van der Waals surface area contributed by atoms with Gasteiger partial charge in [-0.15, -0.1) is 0 Å². The lowest BCUT2D eigenvalue weighted by molar-refractivity contribution is 0.0950. The smallest absolute Gasteiger partial charge is 0.255 e. The number of carbonyl (C=O) groups excluding carboxylic acids is 2. The molecule has 6 heteroatoms. The van der Waals surface area contributed by atoms with E-state index in [-0.39, 0.29) is 11.8 Å². The third kappa shape index (κ3) is 5.09. The van der Waals surface area contributed by atoms with E-state index in [4.69, 9.17) is 4.74 Å². The van der Waals surface area contributed by atoms with Crippen LogP contribution in [-0.4, -0.2) is 32.0 Å². The van der Waals surface area contributed by atoms with Crippen molar-refractivity contribution in [3.63, 3.8) is 0 Å². The second-order valence-electron chi connectivity index (χ2n) is 7.78. The van der Waals surface area contributed by atoms with Crippen molar-refractivity contribution in [1.29, 1.82) is 0 Å². The summed E-state index contributed by atoms with van der Waals surface area (Å²) in [4.78, 5) is 28.0. The van der Waals surface area contributed by atoms with Gasteiger partial charge in [0.1, 0.15) is 5.75 Å². The van der Waals surface area contributed by atoms with Crippen molar-refractivity contribution in [2.75, 3.05) is 30.4 Å². The lowest BCUT2D eigenvalue weighted by atomic mass is 10.1. The van der Waals surface area contributed by atoms with Gasteiger partial charge in [0.2, 0.25) is 0 Å². The molecule has 1 aliphatic rings. The monoisotopic (exact) mass is 429 g/mol. The highest BCUT2D eigenvalue weighted by Gasteiger charge is 2.20. The maximum atomic E-state index is 13.1. The largest absolute Gasteiger partial charge is 0.497 e. The van der Waals surface area contributed by atoms with E-state index in [2.05, 4.69) is 15.5 Å². The zero-order valence-electron chi connectivity index (χ0n) is 18.1. The molecule has 0 radical (unpaired) electrons. The lowest BCUT2D eigenvalue weighted by Gasteiger charge is -2.22. The number of nitrogens with zero attached hydrogens (tertiary/aromatic N) is 1. The summed E-state index contributed by atoms with van der Waals surface area (Å²) in [6, 6.07) is 22.2. The number of hydrogen-bond acceptors (Lipinski definition) is 4. The van der Waals surface area contributed by atoms with E-state index < -0.39 is 0 Å². The molecule has 32 heavy (non-hydrogen) atoms. The van der Waals surface area contributed by atoms with Crippen molar-refractivity contribution in [3.8, 4) is 5.75 Å². The van der Waals surface area contributed by atoms with Gasteiger partial charge in [-0.1, -0.05) is 30.3 Å². The molecule has 1 fully saturated rings. The molecule has 0 aliphatic carbocycles. The second kappa shape index (κ2) is 10.0. The van der Waals surface area contributed by atoms with Gasteiger partial charge < -0.3 is 20.3 Å². The highest BCUT2D eigenvalue weighted by atomic mass is 16.5. The maximum absolute atomic E-state index is 13.1. The maximum Gasteiger partial charge on any atom is 0.255 e. The van der Waals surface area contributed by atoms with Crippen LogP contribution < -0.4 is 20.3 Å². The molecule has 1 saturated heterocycles. The summed E-state index contributed by atoms with van der Waals surface area (Å²) in [7, 11) is 1.58. The Bertz CT molecular complexity index is 1080. The molecular formula is C26H27N3O3. The van der Waals surface area contributed by atoms with Gasteiger partial charge in [0, 0.05) is 36.6 Å². The first-order chi connectivity index (χ1) is 15.6. The van der Waals surface area contributed by atoms with Crippen LogP contribution in [0.15, 0.2) is 72.8 Å². The first-order valence-electron chi connectivity index (χ1n) is 10.8. The van der Waals surface area contributed by atoms with E-state index >= 15 is 0 Å². The highest BCUT2D eigenvalue weighted by Crippen LogP contribution is 2.28. The van der Waals surface area contributed by atoms with Crippen LogP contribution in [0, 0.1) is 0 Å². The van der Waals surface area contributed by atoms with Crippen molar-refractivity contribution in [2.24, 2.45) is 0 Å². The van der Waals surface area contributed by atoms with E-state index in [1.54, 1.807) is 37.4 Å². The van der Waals surface area contributed by atoms with Gasteiger partial charge in [-0.3, -0.25) is 9.59 Å². The van der Waals surface area contributed by atoms with Crippen LogP contribution in [0.4, 0.5) is 11.4 Å². The van der Waals surface area contributed by atoms with Crippen LogP contribution in [-0.2, 0) is 6.54 Å². The number of amides is 2. The standard InChI is InChI=1S/C26H27N3O3/c1-32-22-12-9-20(10-13-22)25(30)28-21-11-14-24(29-15-5-6-16-29)23(17-21)26(31)27-18-19-7-3-2-4-8-19/h2-4,7-14,17H,5-6,15-16,18H2,1H3,(H,27,31)(H,28,30). The van der Waals surface area contributed by atoms with E-state index in [1.807, 2.05) is 42.5 Å². The van der Waals surface area contributed by atoms with Gasteiger partial charge in [-0.25, -0.2) is 0 Å². The van der Waals surface area contributed by atoms with Gasteiger partial charge in [0.05, 0.1) is 12.7 Å². The Hall–Kier alpha value is -3.80. The van der Waals surface area contributed by atoms with Crippen molar-refractivity contribution >= 4 is 23.2 Å². The Morgan fingerprint density at radius 2 is 1.62 bits per heavy atom. The Morgan fingerprint density at radius 3 is 2.31 bits per heavy atom. The first kappa shape index (κ1) is 21.4. The number of nitrogens with one attached hydrogen (secondary N) is 2. The van der Waals surface area contributed by atoms with E-state index in [0.717, 1.165) is 37.2 Å². The molecule has 0 unspecified atom stereocenters. The van der Waals surface area contributed by atoms with E-state index in [0.29, 0.717) is 29.1 Å². The number of carbonyl (C=O) groups is 2. The van der Waals surface area contributed by atoms with Crippen LogP contribution in [0.5, 0.6) is 5.75 Å². The van der Waals surface area contributed by atoms with Gasteiger partial charge >= 0.3 is 0 Å². The summed E-state index contributed by atoms with van der Waals surface area (Å²) in [5.41, 5.74) is 3.60. The minimum absolute atomic E-state index is 0.156. The zero-order valence-corrected chi connectivity index (χ0v) is 18.1. The van der Waals surface area contributed by atoms with Gasteiger partial charge in [-0.2, -0.15) is 0 Å². The fourth-order valence-corrected chi connectivity index (χ4v) is 3.85. The topological polar surface area (TPSA) is 70.7 Å². The molecule has 3 aromatic rings. The number of anilines is 2. The molecule has 0 aromatic heterocycles. The Labute approximate surface area is 188 Å². The van der Waals surface area contributed by atoms with Crippen LogP contribution in [0.2, 0.25) is 0 Å². The average molecular weight is 430 g/mol. The molecule has 3 aromatic carbocycles. The predicted molar refractivity (Wildman–Crippen MR) is 126 cm³/mol. The number of hydrogen-bond donors (Lipinski definition) is 2. The van der Waals surface area contributed by atoms with E-state index in [1.165, 1.54) is 0 Å². The van der Waals surface area contributed by atoms with Crippen LogP contribution in [0.25, 0.3) is 0 Å². The lowest BCUT2D eigenvalue weighted by Crippen LogP contribution is -2.27. The van der Waals surface area contributed by atoms with Crippen LogP contribution in [0.3, 0.4) is 0 Å². The minimum atomic E-state index is -0.239. The fraction of sp³-hybridized carbons (Fsp3) is 0.231. The third-order valence-electron chi connectivity index (χ3n) is 5.59. The van der Waals surface area contributed by atoms with Crippen LogP contribution in [0.1, 0.15) is 39.1 Å². The molecule has 1 aliphatic heterocycles. The van der Waals surface area contributed by atoms with Crippen molar-refractivity contribution in [3.05, 3.63) is 89.5 Å². The number of methoxy groups -OCH3 is 1. The zero-order chi connectivity index (χ0) is 22.3. The summed E-state index contributed by atoms with van der Waals surface area (Å²) in [6.45, 7) is 2.30. The molecule has 0 bridgehead atoms. The minimum Gasteiger partial charge on any atom is -0.497 e. The first-order valence-corrected chi connectivity index (χ1v) is 10.8. The summed E-state index contributed by atoms with van der Waals surface area (Å²) in [5, 5.41) is 5.92. The van der Waals surface area contributed by atoms with Crippen molar-refractivity contribution in [2.45, 2.75) is 19.4 Å². The number of benzene rings is 3. The van der Waals surface area contributed by atoms with Crippen molar-refractivity contribution in [1.82, 2.24) is 5.32 Å². The van der Waals surface area contributed by atoms with Gasteiger partial charge in [-0.05, 0) is 60.9 Å². The highest BCUT2D eigenvalue weighted by molar-refractivity contribution is 6.06. The second-order valence-corrected chi connectivity index (χ2v) is 7.78. The number of rotatable bonds is 7. The Morgan fingerprint density at radius 1 is 0.906 bits per heavy atom. The molecule has 2 N–H and O–H groups in total. The average Bonchev–Trinajstić information content (AvgIpc) is 3.38. The normalized spacial score (nSPS) is 13.0. The molecule has 164 valence electrons. The molecule has 0 spiro atoms. The van der Waals surface area contributed by atoms with Gasteiger partial charge in [0.15, 0.2) is 0 Å². The Kier molecular flexibility index (Phi) is 6.70. The molecule has 1 heterocycles. The Balaban J connectivity index is 1.54. The van der Waals surface area contributed by atoms with Crippen molar-refractivity contribution < 1.29 is 14.3 Å². The summed E-state index contributed by atoms with van der Waals surface area (Å²) in [5.74, 6) is 0.294. The number of ether oxygens (including phenoxy) is 1. The van der Waals surface area contributed by atoms with Crippen LogP contribution >= 0.6 is 0 Å². The van der Waals surface area contributed by atoms with Gasteiger partial charge in [0.25, 0.3) is 11.8 Å². The molecule has 2 amide bonds. The summed E-state index contributed by atoms with van der Waals surface area (Å²) < 4.78 is 5.15.